The third kappa shape index (κ3) is 32.2. The van der Waals surface area contributed by atoms with E-state index < -0.39 is 75.7 Å². The van der Waals surface area contributed by atoms with E-state index in [-0.39, 0.29) is 12.8 Å². The van der Waals surface area contributed by atoms with Crippen LogP contribution in [0.1, 0.15) is 245 Å². The molecule has 1 aliphatic rings. The summed E-state index contributed by atoms with van der Waals surface area (Å²) >= 11 is 0. The van der Waals surface area contributed by atoms with Crippen LogP contribution in [0.25, 0.3) is 0 Å². The standard InChI is InChI=1S/C49H95O13P/c1-3-5-7-9-11-13-15-16-17-18-19-20-21-22-23-24-25-26-28-29-31-33-35-37-42(50)59-39-41(61-43(51)38-36-34-32-30-27-14-12-10-8-6-4-2)40-60-63(57,58)62-49-47(55)45(53)44(52)46(54)48(49)56/h41,44-49,52-56H,3-40H2,1-2H3,(H,57,58)/t41-,44?,45-,46?,47?,48?,49?/m1/s1. The van der Waals surface area contributed by atoms with Crippen molar-refractivity contribution in [1.29, 1.82) is 0 Å². The summed E-state index contributed by atoms with van der Waals surface area (Å²) in [4.78, 5) is 35.7. The van der Waals surface area contributed by atoms with Crippen molar-refractivity contribution >= 4 is 19.8 Å². The zero-order chi connectivity index (χ0) is 46.4. The average molecular weight is 923 g/mol. The van der Waals surface area contributed by atoms with Gasteiger partial charge in [-0.1, -0.05) is 219 Å². The zero-order valence-electron chi connectivity index (χ0n) is 39.9. The molecule has 0 radical (unpaired) electrons. The summed E-state index contributed by atoms with van der Waals surface area (Å²) in [5, 5.41) is 50.2. The molecular weight excluding hydrogens is 827 g/mol. The van der Waals surface area contributed by atoms with E-state index in [2.05, 4.69) is 13.8 Å². The smallest absolute Gasteiger partial charge is 0.462 e. The van der Waals surface area contributed by atoms with Gasteiger partial charge < -0.3 is 39.9 Å². The molecule has 0 aromatic rings. The first-order chi connectivity index (χ1) is 30.4. The fraction of sp³-hybridized carbons (Fsp3) is 0.959. The molecule has 374 valence electrons. The Morgan fingerprint density at radius 2 is 0.714 bits per heavy atom. The molecular formula is C49H95O13P. The highest BCUT2D eigenvalue weighted by atomic mass is 31.2. The maximum Gasteiger partial charge on any atom is 0.472 e. The molecule has 0 saturated heterocycles. The predicted octanol–water partition coefficient (Wildman–Crippen LogP) is 10.8. The van der Waals surface area contributed by atoms with E-state index >= 15 is 0 Å². The van der Waals surface area contributed by atoms with Crippen molar-refractivity contribution in [3.8, 4) is 0 Å². The summed E-state index contributed by atoms with van der Waals surface area (Å²) in [5.41, 5.74) is 0. The molecule has 63 heavy (non-hydrogen) atoms. The second-order valence-electron chi connectivity index (χ2n) is 18.4. The van der Waals surface area contributed by atoms with E-state index in [9.17, 15) is 44.6 Å². The van der Waals surface area contributed by atoms with E-state index in [0.717, 1.165) is 44.9 Å². The Kier molecular flexibility index (Phi) is 38.0. The topological polar surface area (TPSA) is 210 Å². The molecule has 1 saturated carbocycles. The van der Waals surface area contributed by atoms with Crippen LogP contribution >= 0.6 is 7.82 Å². The van der Waals surface area contributed by atoms with Gasteiger partial charge in [0.15, 0.2) is 6.10 Å². The van der Waals surface area contributed by atoms with E-state index in [1.54, 1.807) is 0 Å². The van der Waals surface area contributed by atoms with Crippen LogP contribution in [0.3, 0.4) is 0 Å². The van der Waals surface area contributed by atoms with E-state index in [1.807, 2.05) is 0 Å². The number of phosphoric ester groups is 1. The average Bonchev–Trinajstić information content (AvgIpc) is 3.26. The molecule has 1 rings (SSSR count). The molecule has 0 spiro atoms. The minimum atomic E-state index is -5.11. The predicted molar refractivity (Wildman–Crippen MR) is 249 cm³/mol. The summed E-state index contributed by atoms with van der Waals surface area (Å²) in [6.07, 6.45) is 28.9. The van der Waals surface area contributed by atoms with Gasteiger partial charge in [-0.05, 0) is 12.8 Å². The summed E-state index contributed by atoms with van der Waals surface area (Å²) in [5.74, 6) is -1.08. The van der Waals surface area contributed by atoms with E-state index in [1.165, 1.54) is 161 Å². The number of carbonyl (C=O) groups is 2. The quantitative estimate of drug-likeness (QED) is 0.0191. The van der Waals surface area contributed by atoms with Crippen LogP contribution in [0.2, 0.25) is 0 Å². The first-order valence-electron chi connectivity index (χ1n) is 25.8. The lowest BCUT2D eigenvalue weighted by Gasteiger charge is -2.41. The van der Waals surface area contributed by atoms with Gasteiger partial charge in [-0.3, -0.25) is 18.6 Å². The fourth-order valence-electron chi connectivity index (χ4n) is 8.29. The third-order valence-electron chi connectivity index (χ3n) is 12.4. The van der Waals surface area contributed by atoms with Gasteiger partial charge in [0.1, 0.15) is 43.2 Å². The van der Waals surface area contributed by atoms with E-state index in [0.29, 0.717) is 12.8 Å². The molecule has 0 heterocycles. The van der Waals surface area contributed by atoms with Crippen molar-refractivity contribution in [1.82, 2.24) is 0 Å². The fourth-order valence-corrected chi connectivity index (χ4v) is 9.26. The number of aliphatic hydroxyl groups excluding tert-OH is 5. The van der Waals surface area contributed by atoms with Gasteiger partial charge in [0.05, 0.1) is 6.61 Å². The van der Waals surface area contributed by atoms with Gasteiger partial charge in [0.25, 0.3) is 0 Å². The highest BCUT2D eigenvalue weighted by Gasteiger charge is 2.51. The van der Waals surface area contributed by atoms with Crippen molar-refractivity contribution in [3.05, 3.63) is 0 Å². The largest absolute Gasteiger partial charge is 0.472 e. The Balaban J connectivity index is 2.30. The first kappa shape index (κ1) is 59.9. The minimum Gasteiger partial charge on any atom is -0.462 e. The molecule has 0 bridgehead atoms. The molecule has 0 aromatic carbocycles. The molecule has 6 N–H and O–H groups in total. The number of esters is 2. The van der Waals surface area contributed by atoms with Gasteiger partial charge in [0, 0.05) is 12.8 Å². The van der Waals surface area contributed by atoms with Crippen LogP contribution in [0.15, 0.2) is 0 Å². The second-order valence-corrected chi connectivity index (χ2v) is 19.8. The molecule has 0 amide bonds. The lowest BCUT2D eigenvalue weighted by Crippen LogP contribution is -2.64. The van der Waals surface area contributed by atoms with Crippen LogP contribution < -0.4 is 0 Å². The Morgan fingerprint density at radius 1 is 0.429 bits per heavy atom. The molecule has 14 heteroatoms. The number of unbranched alkanes of at least 4 members (excludes halogenated alkanes) is 32. The van der Waals surface area contributed by atoms with E-state index in [4.69, 9.17) is 18.5 Å². The molecule has 8 atom stereocenters. The Labute approximate surface area is 382 Å². The molecule has 1 aliphatic carbocycles. The zero-order valence-corrected chi connectivity index (χ0v) is 40.8. The lowest BCUT2D eigenvalue weighted by atomic mass is 9.85. The van der Waals surface area contributed by atoms with Crippen LogP contribution in [0.5, 0.6) is 0 Å². The highest BCUT2D eigenvalue weighted by Crippen LogP contribution is 2.47. The lowest BCUT2D eigenvalue weighted by molar-refractivity contribution is -0.220. The monoisotopic (exact) mass is 923 g/mol. The van der Waals surface area contributed by atoms with Gasteiger partial charge in [0.2, 0.25) is 0 Å². The maximum absolute atomic E-state index is 12.8. The Bertz CT molecular complexity index is 1110. The number of carbonyl (C=O) groups excluding carboxylic acids is 2. The summed E-state index contributed by atoms with van der Waals surface area (Å²) in [7, 11) is -5.11. The Morgan fingerprint density at radius 3 is 1.05 bits per heavy atom. The molecule has 1 fully saturated rings. The van der Waals surface area contributed by atoms with Crippen LogP contribution in [-0.2, 0) is 32.7 Å². The number of hydrogen-bond donors (Lipinski definition) is 6. The normalized spacial score (nSPS) is 21.6. The summed E-state index contributed by atoms with van der Waals surface area (Å²) in [6.45, 7) is 3.33. The molecule has 6 unspecified atom stereocenters. The SMILES string of the molecule is CCCCCCCCCCCCCCCCCCCCCCCCCC(=O)OC[C@H](COP(=O)(O)OC1C(O)C(O)C(O)[C@@H](O)C1O)OC(=O)CCCCCCCCCCCCC. The van der Waals surface area contributed by atoms with Crippen LogP contribution in [-0.4, -0.2) is 98.3 Å². The third-order valence-corrected chi connectivity index (χ3v) is 13.4. The highest BCUT2D eigenvalue weighted by molar-refractivity contribution is 7.47. The number of aliphatic hydroxyl groups is 5. The number of ether oxygens (including phenoxy) is 2. The van der Waals surface area contributed by atoms with Gasteiger partial charge in [-0.15, -0.1) is 0 Å². The summed E-state index contributed by atoms with van der Waals surface area (Å²) in [6, 6.07) is 0. The number of hydrogen-bond acceptors (Lipinski definition) is 12. The van der Waals surface area contributed by atoms with Gasteiger partial charge in [-0.25, -0.2) is 4.57 Å². The first-order valence-corrected chi connectivity index (χ1v) is 27.3. The Hall–Kier alpha value is -1.15. The maximum atomic E-state index is 12.8. The molecule has 0 aliphatic heterocycles. The van der Waals surface area contributed by atoms with Crippen molar-refractivity contribution in [2.24, 2.45) is 0 Å². The number of rotatable bonds is 44. The van der Waals surface area contributed by atoms with Crippen molar-refractivity contribution in [2.75, 3.05) is 13.2 Å². The van der Waals surface area contributed by atoms with Crippen molar-refractivity contribution in [2.45, 2.75) is 288 Å². The van der Waals surface area contributed by atoms with Crippen LogP contribution in [0.4, 0.5) is 0 Å². The van der Waals surface area contributed by atoms with Gasteiger partial charge in [-0.2, -0.15) is 0 Å². The summed E-state index contributed by atoms with van der Waals surface area (Å²) < 4.78 is 33.6. The number of phosphoric acid groups is 1. The van der Waals surface area contributed by atoms with Gasteiger partial charge >= 0.3 is 19.8 Å². The van der Waals surface area contributed by atoms with Crippen LogP contribution in [0, 0.1) is 0 Å². The molecule has 0 aromatic heterocycles. The van der Waals surface area contributed by atoms with Crippen molar-refractivity contribution in [3.63, 3.8) is 0 Å². The van der Waals surface area contributed by atoms with Crippen molar-refractivity contribution < 1.29 is 63.1 Å². The molecule has 13 nitrogen and oxygen atoms in total. The second kappa shape index (κ2) is 40.0. The minimum absolute atomic E-state index is 0.104.